The Labute approximate surface area is 127 Å². The molecule has 0 aliphatic carbocycles. The van der Waals surface area contributed by atoms with Crippen LogP contribution in [-0.4, -0.2) is 19.6 Å². The summed E-state index contributed by atoms with van der Waals surface area (Å²) in [7, 11) is 1.60. The predicted octanol–water partition coefficient (Wildman–Crippen LogP) is 4.12. The summed E-state index contributed by atoms with van der Waals surface area (Å²) in [4.78, 5) is 14.3. The molecule has 4 heteroatoms. The molecule has 0 fully saturated rings. The Balaban J connectivity index is 2.32. The average molecular weight is 334 g/mol. The summed E-state index contributed by atoms with van der Waals surface area (Å²) < 4.78 is 5.95. The number of para-hydroxylation sites is 1. The second kappa shape index (κ2) is 6.57. The van der Waals surface area contributed by atoms with Crippen LogP contribution < -0.4 is 9.64 Å². The highest BCUT2D eigenvalue weighted by Gasteiger charge is 2.16. The summed E-state index contributed by atoms with van der Waals surface area (Å²) in [6, 6.07) is 15.0. The van der Waals surface area contributed by atoms with Crippen molar-refractivity contribution in [2.75, 3.05) is 18.6 Å². The van der Waals surface area contributed by atoms with Crippen molar-refractivity contribution in [1.82, 2.24) is 0 Å². The first-order valence-electron chi connectivity index (χ1n) is 6.37. The van der Waals surface area contributed by atoms with Gasteiger partial charge in [0.1, 0.15) is 5.75 Å². The number of hydrogen-bond acceptors (Lipinski definition) is 2. The van der Waals surface area contributed by atoms with Crippen LogP contribution in [0.15, 0.2) is 53.0 Å². The van der Waals surface area contributed by atoms with Crippen molar-refractivity contribution >= 4 is 27.5 Å². The minimum Gasteiger partial charge on any atom is -0.496 e. The van der Waals surface area contributed by atoms with Crippen LogP contribution in [0, 0.1) is 0 Å². The van der Waals surface area contributed by atoms with Crippen LogP contribution >= 0.6 is 15.9 Å². The van der Waals surface area contributed by atoms with Crippen LogP contribution in [0.5, 0.6) is 5.75 Å². The number of benzene rings is 2. The zero-order valence-electron chi connectivity index (χ0n) is 11.5. The number of nitrogens with zero attached hydrogens (tertiary/aromatic N) is 1. The summed E-state index contributed by atoms with van der Waals surface area (Å²) in [6.45, 7) is 2.58. The number of amides is 1. The average Bonchev–Trinajstić information content (AvgIpc) is 2.49. The van der Waals surface area contributed by atoms with Crippen LogP contribution in [-0.2, 0) is 0 Å². The molecule has 3 nitrogen and oxygen atoms in total. The fourth-order valence-electron chi connectivity index (χ4n) is 2.01. The monoisotopic (exact) mass is 333 g/mol. The Morgan fingerprint density at radius 3 is 2.45 bits per heavy atom. The first-order valence-corrected chi connectivity index (χ1v) is 7.17. The van der Waals surface area contributed by atoms with E-state index < -0.39 is 0 Å². The second-order valence-electron chi connectivity index (χ2n) is 4.23. The molecular formula is C16H16BrNO2. The van der Waals surface area contributed by atoms with Gasteiger partial charge in [-0.2, -0.15) is 0 Å². The maximum Gasteiger partial charge on any atom is 0.258 e. The van der Waals surface area contributed by atoms with E-state index in [1.54, 1.807) is 30.2 Å². The molecule has 0 saturated carbocycles. The molecule has 0 spiro atoms. The Kier molecular flexibility index (Phi) is 4.79. The Hall–Kier alpha value is -1.81. The maximum absolute atomic E-state index is 12.6. The fourth-order valence-corrected chi connectivity index (χ4v) is 2.55. The third kappa shape index (κ3) is 3.02. The number of anilines is 1. The van der Waals surface area contributed by atoms with Crippen molar-refractivity contribution < 1.29 is 9.53 Å². The molecule has 0 bridgehead atoms. The SMILES string of the molecule is CCN(C(=O)c1ccc(OC)c(Br)c1)c1ccccc1. The number of halogens is 1. The van der Waals surface area contributed by atoms with Crippen LogP contribution in [0.1, 0.15) is 17.3 Å². The standard InChI is InChI=1S/C16H16BrNO2/c1-3-18(13-7-5-4-6-8-13)16(19)12-9-10-15(20-2)14(17)11-12/h4-11H,3H2,1-2H3. The van der Waals surface area contributed by atoms with Gasteiger partial charge >= 0.3 is 0 Å². The molecule has 0 saturated heterocycles. The summed E-state index contributed by atoms with van der Waals surface area (Å²) in [5.41, 5.74) is 1.52. The molecule has 0 aromatic heterocycles. The number of carbonyl (C=O) groups excluding carboxylic acids is 1. The van der Waals surface area contributed by atoms with Crippen molar-refractivity contribution in [1.29, 1.82) is 0 Å². The molecule has 0 heterocycles. The summed E-state index contributed by atoms with van der Waals surface area (Å²) in [5, 5.41) is 0. The minimum atomic E-state index is -0.0259. The van der Waals surface area contributed by atoms with Gasteiger partial charge < -0.3 is 9.64 Å². The van der Waals surface area contributed by atoms with Crippen molar-refractivity contribution in [2.45, 2.75) is 6.92 Å². The van der Waals surface area contributed by atoms with Gasteiger partial charge in [0.25, 0.3) is 5.91 Å². The zero-order chi connectivity index (χ0) is 14.5. The molecule has 1 amide bonds. The molecule has 20 heavy (non-hydrogen) atoms. The molecule has 0 aliphatic heterocycles. The highest BCUT2D eigenvalue weighted by molar-refractivity contribution is 9.10. The molecule has 0 unspecified atom stereocenters. The summed E-state index contributed by atoms with van der Waals surface area (Å²) in [6.07, 6.45) is 0. The smallest absolute Gasteiger partial charge is 0.258 e. The van der Waals surface area contributed by atoms with Gasteiger partial charge in [-0.3, -0.25) is 4.79 Å². The molecule has 0 N–H and O–H groups in total. The minimum absolute atomic E-state index is 0.0259. The van der Waals surface area contributed by atoms with Gasteiger partial charge in [0, 0.05) is 17.8 Å². The number of ether oxygens (including phenoxy) is 1. The van der Waals surface area contributed by atoms with Crippen LogP contribution in [0.2, 0.25) is 0 Å². The van der Waals surface area contributed by atoms with Gasteiger partial charge in [-0.15, -0.1) is 0 Å². The molecule has 0 aliphatic rings. The Bertz CT molecular complexity index is 599. The maximum atomic E-state index is 12.6. The Morgan fingerprint density at radius 2 is 1.90 bits per heavy atom. The number of hydrogen-bond donors (Lipinski definition) is 0. The van der Waals surface area contributed by atoms with Crippen molar-refractivity contribution in [2.24, 2.45) is 0 Å². The first kappa shape index (κ1) is 14.6. The van der Waals surface area contributed by atoms with Gasteiger partial charge in [-0.1, -0.05) is 18.2 Å². The summed E-state index contributed by atoms with van der Waals surface area (Å²) in [5.74, 6) is 0.686. The Morgan fingerprint density at radius 1 is 1.20 bits per heavy atom. The van der Waals surface area contributed by atoms with Crippen molar-refractivity contribution in [3.05, 3.63) is 58.6 Å². The largest absolute Gasteiger partial charge is 0.496 e. The number of methoxy groups -OCH3 is 1. The highest BCUT2D eigenvalue weighted by Crippen LogP contribution is 2.27. The van der Waals surface area contributed by atoms with E-state index in [1.807, 2.05) is 37.3 Å². The van der Waals surface area contributed by atoms with Crippen molar-refractivity contribution in [3.8, 4) is 5.75 Å². The third-order valence-electron chi connectivity index (χ3n) is 3.03. The summed E-state index contributed by atoms with van der Waals surface area (Å²) >= 11 is 3.41. The third-order valence-corrected chi connectivity index (χ3v) is 3.65. The highest BCUT2D eigenvalue weighted by atomic mass is 79.9. The topological polar surface area (TPSA) is 29.5 Å². The molecule has 2 aromatic carbocycles. The quantitative estimate of drug-likeness (QED) is 0.842. The number of carbonyl (C=O) groups is 1. The van der Waals surface area contributed by atoms with E-state index in [4.69, 9.17) is 4.74 Å². The second-order valence-corrected chi connectivity index (χ2v) is 5.09. The van der Waals surface area contributed by atoms with E-state index in [0.717, 1.165) is 10.2 Å². The van der Waals surface area contributed by atoms with Gasteiger partial charge in [0.05, 0.1) is 11.6 Å². The van der Waals surface area contributed by atoms with Gasteiger partial charge in [0.15, 0.2) is 0 Å². The van der Waals surface area contributed by atoms with Crippen LogP contribution in [0.3, 0.4) is 0 Å². The lowest BCUT2D eigenvalue weighted by Crippen LogP contribution is -2.30. The van der Waals surface area contributed by atoms with Crippen LogP contribution in [0.4, 0.5) is 5.69 Å². The first-order chi connectivity index (χ1) is 9.67. The van der Waals surface area contributed by atoms with Crippen LogP contribution in [0.25, 0.3) is 0 Å². The van der Waals surface area contributed by atoms with Gasteiger partial charge in [-0.05, 0) is 53.2 Å². The van der Waals surface area contributed by atoms with E-state index >= 15 is 0 Å². The van der Waals surface area contributed by atoms with E-state index in [9.17, 15) is 4.79 Å². The molecule has 0 atom stereocenters. The van der Waals surface area contributed by atoms with E-state index in [1.165, 1.54) is 0 Å². The molecule has 2 rings (SSSR count). The molecule has 104 valence electrons. The molecule has 2 aromatic rings. The normalized spacial score (nSPS) is 10.2. The lowest BCUT2D eigenvalue weighted by atomic mass is 10.1. The van der Waals surface area contributed by atoms with E-state index in [-0.39, 0.29) is 5.91 Å². The van der Waals surface area contributed by atoms with E-state index in [2.05, 4.69) is 15.9 Å². The lowest BCUT2D eigenvalue weighted by molar-refractivity contribution is 0.0988. The van der Waals surface area contributed by atoms with Crippen molar-refractivity contribution in [3.63, 3.8) is 0 Å². The predicted molar refractivity (Wildman–Crippen MR) is 84.5 cm³/mol. The lowest BCUT2D eigenvalue weighted by Gasteiger charge is -2.21. The van der Waals surface area contributed by atoms with E-state index in [0.29, 0.717) is 17.9 Å². The van der Waals surface area contributed by atoms with Gasteiger partial charge in [0.2, 0.25) is 0 Å². The zero-order valence-corrected chi connectivity index (χ0v) is 13.1. The molecular weight excluding hydrogens is 318 g/mol. The molecule has 0 radical (unpaired) electrons. The number of rotatable bonds is 4. The van der Waals surface area contributed by atoms with Gasteiger partial charge in [-0.25, -0.2) is 0 Å². The fraction of sp³-hybridized carbons (Fsp3) is 0.188.